The highest BCUT2D eigenvalue weighted by molar-refractivity contribution is 5.60. The maximum atomic E-state index is 13.0. The summed E-state index contributed by atoms with van der Waals surface area (Å²) in [4.78, 5) is 11.0. The van der Waals surface area contributed by atoms with E-state index in [0.717, 1.165) is 37.2 Å². The predicted octanol–water partition coefficient (Wildman–Crippen LogP) is 2.21. The van der Waals surface area contributed by atoms with E-state index in [2.05, 4.69) is 14.9 Å². The number of halogens is 1. The van der Waals surface area contributed by atoms with Crippen molar-refractivity contribution in [3.05, 3.63) is 42.3 Å². The van der Waals surface area contributed by atoms with Crippen molar-refractivity contribution in [3.63, 3.8) is 0 Å². The van der Waals surface area contributed by atoms with Crippen molar-refractivity contribution in [1.82, 2.24) is 9.97 Å². The minimum atomic E-state index is -0.245. The molecule has 0 radical (unpaired) electrons. The number of benzene rings is 1. The zero-order valence-corrected chi connectivity index (χ0v) is 11.2. The zero-order valence-electron chi connectivity index (χ0n) is 11.2. The van der Waals surface area contributed by atoms with Crippen LogP contribution >= 0.6 is 0 Å². The maximum Gasteiger partial charge on any atom is 0.225 e. The molecule has 0 amide bonds. The highest BCUT2D eigenvalue weighted by atomic mass is 19.1. The third kappa shape index (κ3) is 2.77. The molecule has 104 valence electrons. The van der Waals surface area contributed by atoms with E-state index in [1.807, 2.05) is 6.07 Å². The van der Waals surface area contributed by atoms with E-state index in [-0.39, 0.29) is 11.9 Å². The summed E-state index contributed by atoms with van der Waals surface area (Å²) in [5.41, 5.74) is 7.68. The number of nitrogens with zero attached hydrogens (tertiary/aromatic N) is 3. The molecule has 1 aromatic heterocycles. The van der Waals surface area contributed by atoms with Crippen molar-refractivity contribution in [2.45, 2.75) is 18.9 Å². The van der Waals surface area contributed by atoms with Gasteiger partial charge < -0.3 is 10.6 Å². The number of hydrogen-bond donors (Lipinski definition) is 1. The van der Waals surface area contributed by atoms with E-state index < -0.39 is 0 Å². The highest BCUT2D eigenvalue weighted by Crippen LogP contribution is 2.21. The fourth-order valence-corrected chi connectivity index (χ4v) is 2.47. The number of anilines is 1. The van der Waals surface area contributed by atoms with Crippen molar-refractivity contribution in [2.24, 2.45) is 5.73 Å². The van der Waals surface area contributed by atoms with Gasteiger partial charge in [0, 0.05) is 30.9 Å². The zero-order chi connectivity index (χ0) is 13.9. The van der Waals surface area contributed by atoms with Gasteiger partial charge in [0.1, 0.15) is 5.82 Å². The molecule has 5 heteroatoms. The Balaban J connectivity index is 1.87. The standard InChI is InChI=1S/C15H17FN4/c16-12-5-3-11(4-6-12)14-7-8-18-15(19-14)20-9-1-2-13(17)10-20/h3-8,13H,1-2,9-10,17H2. The van der Waals surface area contributed by atoms with Crippen LogP contribution in [0.3, 0.4) is 0 Å². The van der Waals surface area contributed by atoms with Gasteiger partial charge in [-0.15, -0.1) is 0 Å². The van der Waals surface area contributed by atoms with Gasteiger partial charge in [-0.1, -0.05) is 0 Å². The van der Waals surface area contributed by atoms with Gasteiger partial charge in [-0.05, 0) is 43.2 Å². The Bertz CT molecular complexity index is 585. The molecule has 2 aromatic rings. The second-order valence-electron chi connectivity index (χ2n) is 5.10. The first kappa shape index (κ1) is 13.0. The van der Waals surface area contributed by atoms with Gasteiger partial charge >= 0.3 is 0 Å². The molecule has 1 unspecified atom stereocenters. The first-order chi connectivity index (χ1) is 9.72. The van der Waals surface area contributed by atoms with Gasteiger partial charge in [-0.3, -0.25) is 0 Å². The largest absolute Gasteiger partial charge is 0.339 e. The van der Waals surface area contributed by atoms with E-state index in [1.54, 1.807) is 18.3 Å². The van der Waals surface area contributed by atoms with Gasteiger partial charge in [-0.2, -0.15) is 0 Å². The molecule has 20 heavy (non-hydrogen) atoms. The lowest BCUT2D eigenvalue weighted by Crippen LogP contribution is -2.43. The highest BCUT2D eigenvalue weighted by Gasteiger charge is 2.19. The second-order valence-corrected chi connectivity index (χ2v) is 5.10. The molecule has 2 heterocycles. The molecular formula is C15H17FN4. The van der Waals surface area contributed by atoms with E-state index >= 15 is 0 Å². The van der Waals surface area contributed by atoms with Gasteiger partial charge in [0.15, 0.2) is 0 Å². The van der Waals surface area contributed by atoms with Crippen LogP contribution in [0.4, 0.5) is 10.3 Å². The Hall–Kier alpha value is -2.01. The summed E-state index contributed by atoms with van der Waals surface area (Å²) in [5.74, 6) is 0.451. The lowest BCUT2D eigenvalue weighted by Gasteiger charge is -2.30. The topological polar surface area (TPSA) is 55.0 Å². The number of piperidine rings is 1. The quantitative estimate of drug-likeness (QED) is 0.910. The van der Waals surface area contributed by atoms with E-state index in [9.17, 15) is 4.39 Å². The second kappa shape index (κ2) is 5.54. The minimum Gasteiger partial charge on any atom is -0.339 e. The summed E-state index contributed by atoms with van der Waals surface area (Å²) in [6, 6.07) is 8.34. The summed E-state index contributed by atoms with van der Waals surface area (Å²) in [5, 5.41) is 0. The summed E-state index contributed by atoms with van der Waals surface area (Å²) < 4.78 is 13.0. The molecule has 0 saturated carbocycles. The third-order valence-corrected chi connectivity index (χ3v) is 3.52. The Morgan fingerprint density at radius 2 is 2.00 bits per heavy atom. The van der Waals surface area contributed by atoms with Crippen molar-refractivity contribution < 1.29 is 4.39 Å². The van der Waals surface area contributed by atoms with Crippen LogP contribution in [-0.2, 0) is 0 Å². The van der Waals surface area contributed by atoms with Crippen LogP contribution in [0.25, 0.3) is 11.3 Å². The Morgan fingerprint density at radius 1 is 1.20 bits per heavy atom. The van der Waals surface area contributed by atoms with Gasteiger partial charge in [0.2, 0.25) is 5.95 Å². The molecule has 1 aliphatic rings. The van der Waals surface area contributed by atoms with Crippen LogP contribution in [-0.4, -0.2) is 29.1 Å². The smallest absolute Gasteiger partial charge is 0.225 e. The number of hydrogen-bond acceptors (Lipinski definition) is 4. The van der Waals surface area contributed by atoms with Crippen LogP contribution in [0.5, 0.6) is 0 Å². The average molecular weight is 272 g/mol. The predicted molar refractivity (Wildman–Crippen MR) is 76.8 cm³/mol. The third-order valence-electron chi connectivity index (χ3n) is 3.52. The number of aromatic nitrogens is 2. The van der Waals surface area contributed by atoms with Crippen molar-refractivity contribution in [2.75, 3.05) is 18.0 Å². The van der Waals surface area contributed by atoms with Crippen molar-refractivity contribution in [1.29, 1.82) is 0 Å². The summed E-state index contributed by atoms with van der Waals surface area (Å²) in [6.45, 7) is 1.72. The molecule has 1 atom stereocenters. The first-order valence-corrected chi connectivity index (χ1v) is 6.82. The maximum absolute atomic E-state index is 13.0. The normalized spacial score (nSPS) is 19.1. The van der Waals surface area contributed by atoms with Crippen LogP contribution < -0.4 is 10.6 Å². The molecule has 0 bridgehead atoms. The monoisotopic (exact) mass is 272 g/mol. The summed E-state index contributed by atoms with van der Waals surface area (Å²) in [6.07, 6.45) is 3.85. The van der Waals surface area contributed by atoms with Crippen LogP contribution in [0.1, 0.15) is 12.8 Å². The molecular weight excluding hydrogens is 255 g/mol. The Labute approximate surface area is 117 Å². The minimum absolute atomic E-state index is 0.182. The SMILES string of the molecule is NC1CCCN(c2nccc(-c3ccc(F)cc3)n2)C1. The number of rotatable bonds is 2. The van der Waals surface area contributed by atoms with Crippen molar-refractivity contribution in [3.8, 4) is 11.3 Å². The summed E-state index contributed by atoms with van der Waals surface area (Å²) >= 11 is 0. The fourth-order valence-electron chi connectivity index (χ4n) is 2.47. The van der Waals surface area contributed by atoms with Gasteiger partial charge in [0.25, 0.3) is 0 Å². The van der Waals surface area contributed by atoms with Crippen molar-refractivity contribution >= 4 is 5.95 Å². The van der Waals surface area contributed by atoms with E-state index in [1.165, 1.54) is 12.1 Å². The van der Waals surface area contributed by atoms with E-state index in [0.29, 0.717) is 5.95 Å². The van der Waals surface area contributed by atoms with Gasteiger partial charge in [0.05, 0.1) is 5.69 Å². The number of nitrogens with two attached hydrogens (primary N) is 1. The Kier molecular flexibility index (Phi) is 3.60. The molecule has 0 aliphatic carbocycles. The molecule has 2 N–H and O–H groups in total. The molecule has 1 saturated heterocycles. The first-order valence-electron chi connectivity index (χ1n) is 6.82. The Morgan fingerprint density at radius 3 is 2.75 bits per heavy atom. The molecule has 1 aliphatic heterocycles. The van der Waals surface area contributed by atoms with Crippen LogP contribution in [0.15, 0.2) is 36.5 Å². The van der Waals surface area contributed by atoms with Crippen LogP contribution in [0.2, 0.25) is 0 Å². The molecule has 3 rings (SSSR count). The average Bonchev–Trinajstić information content (AvgIpc) is 2.48. The van der Waals surface area contributed by atoms with Gasteiger partial charge in [-0.25, -0.2) is 14.4 Å². The lowest BCUT2D eigenvalue weighted by molar-refractivity contribution is 0.500. The molecule has 1 fully saturated rings. The van der Waals surface area contributed by atoms with E-state index in [4.69, 9.17) is 5.73 Å². The molecule has 1 aromatic carbocycles. The molecule has 0 spiro atoms. The molecule has 4 nitrogen and oxygen atoms in total. The van der Waals surface area contributed by atoms with Crippen LogP contribution in [0, 0.1) is 5.82 Å². The summed E-state index contributed by atoms with van der Waals surface area (Å²) in [7, 11) is 0. The lowest BCUT2D eigenvalue weighted by atomic mass is 10.1. The fraction of sp³-hybridized carbons (Fsp3) is 0.333.